The average molecular weight is 859 g/mol. The molecule has 0 fully saturated rings. The number of para-hydroxylation sites is 2. The topological polar surface area (TPSA) is 43.6 Å². The zero-order valence-electron chi connectivity index (χ0n) is 35.6. The molecule has 5 heteroatoms. The van der Waals surface area contributed by atoms with Crippen molar-refractivity contribution >= 4 is 64.1 Å². The van der Waals surface area contributed by atoms with Gasteiger partial charge in [0, 0.05) is 53.2 Å². The van der Waals surface area contributed by atoms with Gasteiger partial charge in [0.15, 0.2) is 17.5 Å². The third kappa shape index (κ3) is 6.56. The Morgan fingerprint density at radius 3 is 1.58 bits per heavy atom. The van der Waals surface area contributed by atoms with Crippen LogP contribution in [0.5, 0.6) is 0 Å². The summed E-state index contributed by atoms with van der Waals surface area (Å²) in [6, 6.07) is 82.3. The van der Waals surface area contributed by atoms with Gasteiger partial charge in [0.05, 0.1) is 16.7 Å². The fraction of sp³-hybridized carbons (Fsp3) is 0. The van der Waals surface area contributed by atoms with Gasteiger partial charge >= 0.3 is 0 Å². The highest BCUT2D eigenvalue weighted by atomic mass is 32.1. The van der Waals surface area contributed by atoms with Gasteiger partial charge in [-0.3, -0.25) is 0 Å². The largest absolute Gasteiger partial charge is 0.309 e. The summed E-state index contributed by atoms with van der Waals surface area (Å²) in [5.41, 5.74) is 12.9. The summed E-state index contributed by atoms with van der Waals surface area (Å²) < 4.78 is 4.97. The van der Waals surface area contributed by atoms with Gasteiger partial charge < -0.3 is 4.57 Å². The lowest BCUT2D eigenvalue weighted by Crippen LogP contribution is -2.02. The molecule has 0 aliphatic rings. The van der Waals surface area contributed by atoms with E-state index in [1.165, 1.54) is 47.3 Å². The standard InChI is InChI=1S/C61H38N4S/c1-2-14-41(15-3-1)49-33-31-48(38-56(49)65-54-22-9-6-19-50(54)51-20-7-10-23-55(51)65)61-63-59(42-28-25-40(26-29-42)45-30-27-39-13-4-5-16-43(39)35-45)62-60(64-61)47-18-12-17-44(36-47)46-32-34-58-53(37-46)52-21-8-11-24-57(52)66-58/h1-38H. The zero-order chi connectivity index (χ0) is 43.6. The number of fused-ring (bicyclic) bond motifs is 7. The van der Waals surface area contributed by atoms with E-state index in [1.54, 1.807) is 0 Å². The fourth-order valence-electron chi connectivity index (χ4n) is 9.59. The lowest BCUT2D eigenvalue weighted by atomic mass is 9.99. The average Bonchev–Trinajstić information content (AvgIpc) is 3.94. The lowest BCUT2D eigenvalue weighted by molar-refractivity contribution is 1.07. The van der Waals surface area contributed by atoms with Crippen LogP contribution in [-0.2, 0) is 0 Å². The van der Waals surface area contributed by atoms with E-state index in [2.05, 4.69) is 235 Å². The molecule has 0 aliphatic heterocycles. The van der Waals surface area contributed by atoms with Gasteiger partial charge in [-0.15, -0.1) is 11.3 Å². The normalized spacial score (nSPS) is 11.6. The van der Waals surface area contributed by atoms with E-state index in [4.69, 9.17) is 15.0 Å². The molecule has 0 radical (unpaired) electrons. The molecular weight excluding hydrogens is 821 g/mol. The van der Waals surface area contributed by atoms with Gasteiger partial charge in [0.2, 0.25) is 0 Å². The predicted molar refractivity (Wildman–Crippen MR) is 277 cm³/mol. The monoisotopic (exact) mass is 858 g/mol. The summed E-state index contributed by atoms with van der Waals surface area (Å²) in [6.07, 6.45) is 0. The van der Waals surface area contributed by atoms with Crippen molar-refractivity contribution < 1.29 is 0 Å². The van der Waals surface area contributed by atoms with Crippen molar-refractivity contribution in [2.75, 3.05) is 0 Å². The van der Waals surface area contributed by atoms with Gasteiger partial charge in [0.1, 0.15) is 0 Å². The number of nitrogens with zero attached hydrogens (tertiary/aromatic N) is 4. The minimum atomic E-state index is 0.604. The fourth-order valence-corrected chi connectivity index (χ4v) is 10.7. The molecule has 66 heavy (non-hydrogen) atoms. The van der Waals surface area contributed by atoms with Crippen molar-refractivity contribution in [2.24, 2.45) is 0 Å². The molecule has 0 saturated heterocycles. The molecule has 0 atom stereocenters. The van der Waals surface area contributed by atoms with Crippen molar-refractivity contribution in [3.05, 3.63) is 231 Å². The van der Waals surface area contributed by atoms with E-state index in [9.17, 15) is 0 Å². The lowest BCUT2D eigenvalue weighted by Gasteiger charge is -2.16. The molecule has 10 aromatic carbocycles. The van der Waals surface area contributed by atoms with E-state index < -0.39 is 0 Å². The SMILES string of the molecule is c1ccc(-c2ccc(-c3nc(-c4ccc(-c5ccc6ccccc6c5)cc4)nc(-c4cccc(-c5ccc6sc7ccccc7c6c5)c4)n3)cc2-n2c3ccccc3c3ccccc32)cc1. The van der Waals surface area contributed by atoms with Gasteiger partial charge in [-0.05, 0) is 87.1 Å². The Hall–Kier alpha value is -8.51. The molecule has 0 amide bonds. The minimum Gasteiger partial charge on any atom is -0.309 e. The summed E-state index contributed by atoms with van der Waals surface area (Å²) in [5, 5.41) is 7.42. The molecule has 0 spiro atoms. The third-order valence-electron chi connectivity index (χ3n) is 12.9. The first-order chi connectivity index (χ1) is 32.7. The van der Waals surface area contributed by atoms with Crippen LogP contribution in [0.15, 0.2) is 231 Å². The number of hydrogen-bond acceptors (Lipinski definition) is 4. The van der Waals surface area contributed by atoms with Crippen LogP contribution in [0.1, 0.15) is 0 Å². The van der Waals surface area contributed by atoms with Gasteiger partial charge in [-0.25, -0.2) is 15.0 Å². The van der Waals surface area contributed by atoms with Crippen molar-refractivity contribution in [3.63, 3.8) is 0 Å². The van der Waals surface area contributed by atoms with Crippen molar-refractivity contribution in [1.29, 1.82) is 0 Å². The summed E-state index contributed by atoms with van der Waals surface area (Å²) in [4.78, 5) is 15.9. The van der Waals surface area contributed by atoms with Crippen LogP contribution >= 0.6 is 11.3 Å². The summed E-state index contributed by atoms with van der Waals surface area (Å²) in [6.45, 7) is 0. The first kappa shape index (κ1) is 38.0. The molecule has 3 aromatic heterocycles. The quantitative estimate of drug-likeness (QED) is 0.160. The molecule has 3 heterocycles. The predicted octanol–water partition coefficient (Wildman–Crippen LogP) is 16.5. The van der Waals surface area contributed by atoms with Crippen LogP contribution in [0.3, 0.4) is 0 Å². The second-order valence-corrected chi connectivity index (χ2v) is 17.9. The molecule has 0 aliphatic carbocycles. The first-order valence-corrected chi connectivity index (χ1v) is 23.1. The van der Waals surface area contributed by atoms with Crippen LogP contribution in [0, 0.1) is 0 Å². The molecule has 0 unspecified atom stereocenters. The molecule has 0 N–H and O–H groups in total. The second kappa shape index (κ2) is 15.6. The second-order valence-electron chi connectivity index (χ2n) is 16.8. The van der Waals surface area contributed by atoms with Gasteiger partial charge in [0.25, 0.3) is 0 Å². The maximum absolute atomic E-state index is 5.33. The van der Waals surface area contributed by atoms with Crippen LogP contribution in [0.25, 0.3) is 126 Å². The number of benzene rings is 10. The smallest absolute Gasteiger partial charge is 0.164 e. The molecular formula is C61H38N4S. The summed E-state index contributed by atoms with van der Waals surface area (Å²) in [7, 11) is 0. The van der Waals surface area contributed by atoms with Gasteiger partial charge in [-0.2, -0.15) is 0 Å². The summed E-state index contributed by atoms with van der Waals surface area (Å²) in [5.74, 6) is 1.83. The highest BCUT2D eigenvalue weighted by molar-refractivity contribution is 7.25. The van der Waals surface area contributed by atoms with Crippen molar-refractivity contribution in [3.8, 4) is 73.2 Å². The van der Waals surface area contributed by atoms with E-state index in [0.29, 0.717) is 17.5 Å². The van der Waals surface area contributed by atoms with E-state index in [0.717, 1.165) is 61.2 Å². The van der Waals surface area contributed by atoms with Crippen LogP contribution in [-0.4, -0.2) is 19.5 Å². The van der Waals surface area contributed by atoms with Crippen LogP contribution in [0.4, 0.5) is 0 Å². The highest BCUT2D eigenvalue weighted by Gasteiger charge is 2.19. The van der Waals surface area contributed by atoms with Gasteiger partial charge in [-0.1, -0.05) is 182 Å². The number of aromatic nitrogens is 4. The van der Waals surface area contributed by atoms with E-state index >= 15 is 0 Å². The Balaban J connectivity index is 0.987. The maximum atomic E-state index is 5.33. The Kier molecular flexibility index (Phi) is 9.00. The highest BCUT2D eigenvalue weighted by Crippen LogP contribution is 2.40. The Bertz CT molecular complexity index is 3940. The van der Waals surface area contributed by atoms with E-state index in [-0.39, 0.29) is 0 Å². The van der Waals surface area contributed by atoms with Crippen molar-refractivity contribution in [1.82, 2.24) is 19.5 Å². The molecule has 0 bridgehead atoms. The maximum Gasteiger partial charge on any atom is 0.164 e. The zero-order valence-corrected chi connectivity index (χ0v) is 36.5. The van der Waals surface area contributed by atoms with E-state index in [1.807, 2.05) is 11.3 Å². The molecule has 308 valence electrons. The first-order valence-electron chi connectivity index (χ1n) is 22.2. The Labute approximate surface area is 385 Å². The molecule has 4 nitrogen and oxygen atoms in total. The molecule has 13 aromatic rings. The molecule has 0 saturated carbocycles. The Morgan fingerprint density at radius 1 is 0.288 bits per heavy atom. The van der Waals surface area contributed by atoms with Crippen LogP contribution in [0.2, 0.25) is 0 Å². The van der Waals surface area contributed by atoms with Crippen LogP contribution < -0.4 is 0 Å². The Morgan fingerprint density at radius 2 is 0.803 bits per heavy atom. The minimum absolute atomic E-state index is 0.604. The molecule has 13 rings (SSSR count). The van der Waals surface area contributed by atoms with Crippen molar-refractivity contribution in [2.45, 2.75) is 0 Å². The summed E-state index contributed by atoms with van der Waals surface area (Å²) >= 11 is 1.84. The third-order valence-corrected chi connectivity index (χ3v) is 14.0. The number of thiophene rings is 1. The number of rotatable bonds is 7. The number of hydrogen-bond donors (Lipinski definition) is 0.